The van der Waals surface area contributed by atoms with Crippen LogP contribution in [0.25, 0.3) is 0 Å². The maximum atomic E-state index is 12.1. The lowest BCUT2D eigenvalue weighted by molar-refractivity contribution is 0.0946. The van der Waals surface area contributed by atoms with Crippen molar-refractivity contribution in [2.45, 2.75) is 19.3 Å². The van der Waals surface area contributed by atoms with E-state index in [1.54, 1.807) is 6.07 Å². The molecule has 1 unspecified atom stereocenters. The Morgan fingerprint density at radius 1 is 1.37 bits per heavy atom. The maximum absolute atomic E-state index is 12.1. The van der Waals surface area contributed by atoms with E-state index in [-0.39, 0.29) is 10.9 Å². The third kappa shape index (κ3) is 3.64. The number of nitrogen functional groups attached to an aromatic ring is 1. The molecule has 0 aliphatic heterocycles. The Bertz CT molecular complexity index is 514. The van der Waals surface area contributed by atoms with Gasteiger partial charge in [-0.15, -0.1) is 0 Å². The molecule has 0 saturated carbocycles. The van der Waals surface area contributed by atoms with E-state index < -0.39 is 0 Å². The van der Waals surface area contributed by atoms with Crippen LogP contribution in [-0.2, 0) is 0 Å². The number of anilines is 1. The summed E-state index contributed by atoms with van der Waals surface area (Å²) in [4.78, 5) is 12.1. The number of nitrogens with two attached hydrogens (primary N) is 1. The Morgan fingerprint density at radius 2 is 2.16 bits per heavy atom. The van der Waals surface area contributed by atoms with Crippen molar-refractivity contribution in [2.24, 2.45) is 5.92 Å². The van der Waals surface area contributed by atoms with Gasteiger partial charge in [-0.05, 0) is 37.3 Å². The maximum Gasteiger partial charge on any atom is 0.252 e. The van der Waals surface area contributed by atoms with E-state index in [1.165, 1.54) is 6.07 Å². The standard InChI is InChI=1S/C14H16Cl2N2O/c15-12-7-10(17)6-11(13(12)16)14(19)18-8-9-4-2-1-3-5-9/h1-2,6-7,9H,3-5,8,17H2,(H,18,19). The first kappa shape index (κ1) is 14.2. The minimum Gasteiger partial charge on any atom is -0.399 e. The van der Waals surface area contributed by atoms with Crippen LogP contribution < -0.4 is 11.1 Å². The van der Waals surface area contributed by atoms with Crippen LogP contribution in [0.4, 0.5) is 5.69 Å². The molecule has 0 saturated heterocycles. The Hall–Kier alpha value is -1.19. The molecular weight excluding hydrogens is 283 g/mol. The molecule has 2 rings (SSSR count). The fourth-order valence-electron chi connectivity index (χ4n) is 2.15. The van der Waals surface area contributed by atoms with Crippen molar-refractivity contribution in [3.8, 4) is 0 Å². The SMILES string of the molecule is Nc1cc(Cl)c(Cl)c(C(=O)NCC2CC=CCC2)c1. The van der Waals surface area contributed by atoms with Crippen LogP contribution in [0.1, 0.15) is 29.6 Å². The minimum atomic E-state index is -0.228. The lowest BCUT2D eigenvalue weighted by Gasteiger charge is -2.18. The number of carbonyl (C=O) groups is 1. The topological polar surface area (TPSA) is 55.1 Å². The molecule has 19 heavy (non-hydrogen) atoms. The lowest BCUT2D eigenvalue weighted by Crippen LogP contribution is -2.30. The number of allylic oxidation sites excluding steroid dienone is 2. The van der Waals surface area contributed by atoms with Crippen LogP contribution in [0.5, 0.6) is 0 Å². The molecule has 1 aromatic carbocycles. The molecule has 1 aliphatic carbocycles. The van der Waals surface area contributed by atoms with E-state index in [4.69, 9.17) is 28.9 Å². The normalized spacial score (nSPS) is 18.3. The van der Waals surface area contributed by atoms with Crippen molar-refractivity contribution in [1.29, 1.82) is 0 Å². The molecule has 0 spiro atoms. The predicted octanol–water partition coefficient (Wildman–Crippen LogP) is 3.66. The summed E-state index contributed by atoms with van der Waals surface area (Å²) >= 11 is 11.9. The van der Waals surface area contributed by atoms with Crippen molar-refractivity contribution in [3.63, 3.8) is 0 Å². The lowest BCUT2D eigenvalue weighted by atomic mass is 9.94. The van der Waals surface area contributed by atoms with Gasteiger partial charge in [0, 0.05) is 12.2 Å². The molecule has 1 amide bonds. The number of hydrogen-bond donors (Lipinski definition) is 2. The van der Waals surface area contributed by atoms with Crippen LogP contribution in [0, 0.1) is 5.92 Å². The van der Waals surface area contributed by atoms with Gasteiger partial charge in [0.2, 0.25) is 0 Å². The van der Waals surface area contributed by atoms with Crippen molar-refractivity contribution in [2.75, 3.05) is 12.3 Å². The van der Waals surface area contributed by atoms with Crippen LogP contribution in [0.3, 0.4) is 0 Å². The number of nitrogens with one attached hydrogen (secondary N) is 1. The Balaban J connectivity index is 2.01. The third-order valence-corrected chi connectivity index (χ3v) is 4.03. The van der Waals surface area contributed by atoms with E-state index in [2.05, 4.69) is 17.5 Å². The molecule has 1 aromatic rings. The quantitative estimate of drug-likeness (QED) is 0.661. The monoisotopic (exact) mass is 298 g/mol. The highest BCUT2D eigenvalue weighted by Crippen LogP contribution is 2.28. The first-order chi connectivity index (χ1) is 9.08. The Morgan fingerprint density at radius 3 is 2.84 bits per heavy atom. The van der Waals surface area contributed by atoms with Gasteiger partial charge in [-0.3, -0.25) is 4.79 Å². The van der Waals surface area contributed by atoms with Crippen molar-refractivity contribution in [3.05, 3.63) is 39.9 Å². The zero-order valence-electron chi connectivity index (χ0n) is 10.5. The molecule has 1 atom stereocenters. The molecule has 0 bridgehead atoms. The summed E-state index contributed by atoms with van der Waals surface area (Å²) in [6.07, 6.45) is 7.51. The van der Waals surface area contributed by atoms with Gasteiger partial charge in [0.1, 0.15) is 0 Å². The van der Waals surface area contributed by atoms with Gasteiger partial charge >= 0.3 is 0 Å². The number of halogens is 2. The zero-order valence-corrected chi connectivity index (χ0v) is 12.0. The average molecular weight is 299 g/mol. The van der Waals surface area contributed by atoms with Gasteiger partial charge in [-0.25, -0.2) is 0 Å². The van der Waals surface area contributed by atoms with E-state index in [0.717, 1.165) is 19.3 Å². The molecule has 0 radical (unpaired) electrons. The third-order valence-electron chi connectivity index (χ3n) is 3.22. The van der Waals surface area contributed by atoms with E-state index in [1.807, 2.05) is 0 Å². The molecular formula is C14H16Cl2N2O. The summed E-state index contributed by atoms with van der Waals surface area (Å²) < 4.78 is 0. The second-order valence-electron chi connectivity index (χ2n) is 4.72. The molecule has 0 fully saturated rings. The smallest absolute Gasteiger partial charge is 0.252 e. The van der Waals surface area contributed by atoms with Crippen molar-refractivity contribution < 1.29 is 4.79 Å². The summed E-state index contributed by atoms with van der Waals surface area (Å²) in [5.41, 5.74) is 6.44. The average Bonchev–Trinajstić information content (AvgIpc) is 2.41. The molecule has 1 aliphatic rings. The molecule has 0 heterocycles. The summed E-state index contributed by atoms with van der Waals surface area (Å²) in [5.74, 6) is 0.262. The van der Waals surface area contributed by atoms with Crippen LogP contribution >= 0.6 is 23.2 Å². The largest absolute Gasteiger partial charge is 0.399 e. The van der Waals surface area contributed by atoms with E-state index in [9.17, 15) is 4.79 Å². The summed E-state index contributed by atoms with van der Waals surface area (Å²) in [7, 11) is 0. The highest BCUT2D eigenvalue weighted by atomic mass is 35.5. The second-order valence-corrected chi connectivity index (χ2v) is 5.51. The number of hydrogen-bond acceptors (Lipinski definition) is 2. The first-order valence-corrected chi connectivity index (χ1v) is 7.01. The van der Waals surface area contributed by atoms with Gasteiger partial charge in [-0.1, -0.05) is 35.4 Å². The fourth-order valence-corrected chi connectivity index (χ4v) is 2.57. The van der Waals surface area contributed by atoms with Crippen LogP contribution in [0.15, 0.2) is 24.3 Å². The number of carbonyl (C=O) groups excluding carboxylic acids is 1. The molecule has 3 nitrogen and oxygen atoms in total. The molecule has 3 N–H and O–H groups in total. The zero-order chi connectivity index (χ0) is 13.8. The summed E-state index contributed by atoms with van der Waals surface area (Å²) in [6, 6.07) is 3.08. The minimum absolute atomic E-state index is 0.228. The van der Waals surface area contributed by atoms with E-state index >= 15 is 0 Å². The van der Waals surface area contributed by atoms with Gasteiger partial charge in [0.05, 0.1) is 15.6 Å². The second kappa shape index (κ2) is 6.31. The van der Waals surface area contributed by atoms with Crippen molar-refractivity contribution >= 4 is 34.8 Å². The van der Waals surface area contributed by atoms with E-state index in [0.29, 0.717) is 28.7 Å². The summed E-state index contributed by atoms with van der Waals surface area (Å²) in [6.45, 7) is 0.645. The van der Waals surface area contributed by atoms with Crippen LogP contribution in [0.2, 0.25) is 10.0 Å². The van der Waals surface area contributed by atoms with Crippen molar-refractivity contribution in [1.82, 2.24) is 5.32 Å². The Kier molecular flexibility index (Phi) is 4.72. The molecule has 5 heteroatoms. The van der Waals surface area contributed by atoms with Gasteiger partial charge in [-0.2, -0.15) is 0 Å². The predicted molar refractivity (Wildman–Crippen MR) is 79.7 cm³/mol. The van der Waals surface area contributed by atoms with Gasteiger partial charge in [0.15, 0.2) is 0 Å². The fraction of sp³-hybridized carbons (Fsp3) is 0.357. The molecule has 0 aromatic heterocycles. The number of amides is 1. The highest BCUT2D eigenvalue weighted by molar-refractivity contribution is 6.44. The summed E-state index contributed by atoms with van der Waals surface area (Å²) in [5, 5.41) is 3.44. The van der Waals surface area contributed by atoms with Crippen LogP contribution in [-0.4, -0.2) is 12.5 Å². The van der Waals surface area contributed by atoms with Gasteiger partial charge in [0.25, 0.3) is 5.91 Å². The number of rotatable bonds is 3. The first-order valence-electron chi connectivity index (χ1n) is 6.25. The Labute approximate surface area is 122 Å². The number of benzene rings is 1. The van der Waals surface area contributed by atoms with Gasteiger partial charge < -0.3 is 11.1 Å². The highest BCUT2D eigenvalue weighted by Gasteiger charge is 2.16. The molecule has 102 valence electrons.